The fraction of sp³-hybridized carbons (Fsp3) is 0.489. The van der Waals surface area contributed by atoms with Gasteiger partial charge in [0.1, 0.15) is 0 Å². The van der Waals surface area contributed by atoms with E-state index in [4.69, 9.17) is 0 Å². The Hall–Kier alpha value is -4.36. The maximum atomic E-state index is 15.0. The average molecular weight is 730 g/mol. The number of carbonyl (C=O) groups excluding carboxylic acids is 2. The maximum Gasteiger partial charge on any atom is 0.255 e. The van der Waals surface area contributed by atoms with Crippen LogP contribution >= 0.6 is 0 Å². The molecule has 2 aliphatic rings. The third-order valence-electron chi connectivity index (χ3n) is 12.1. The molecule has 1 aromatic heterocycles. The van der Waals surface area contributed by atoms with E-state index in [0.717, 1.165) is 92.4 Å². The van der Waals surface area contributed by atoms with Crippen LogP contribution in [0.15, 0.2) is 60.7 Å². The average Bonchev–Trinajstić information content (AvgIpc) is 3.41. The van der Waals surface area contributed by atoms with E-state index in [-0.39, 0.29) is 17.9 Å². The van der Waals surface area contributed by atoms with Crippen molar-refractivity contribution in [1.29, 1.82) is 0 Å². The van der Waals surface area contributed by atoms with Crippen molar-refractivity contribution in [3.63, 3.8) is 0 Å². The molecule has 6 rings (SSSR count). The monoisotopic (exact) mass is 729 g/mol. The van der Waals surface area contributed by atoms with Crippen molar-refractivity contribution in [1.82, 2.24) is 19.3 Å². The van der Waals surface area contributed by atoms with E-state index in [1.54, 1.807) is 0 Å². The third kappa shape index (κ3) is 8.47. The highest BCUT2D eigenvalue weighted by atomic mass is 16.2. The molecule has 0 radical (unpaired) electrons. The molecule has 2 aliphatic heterocycles. The topological polar surface area (TPSA) is 52.0 Å². The molecule has 0 saturated carbocycles. The minimum Gasteiger partial charge on any atom is -0.373 e. The lowest BCUT2D eigenvalue weighted by Gasteiger charge is -2.36. The van der Waals surface area contributed by atoms with E-state index in [2.05, 4.69) is 136 Å². The molecule has 7 nitrogen and oxygen atoms in total. The van der Waals surface area contributed by atoms with Crippen LogP contribution in [0.4, 0.5) is 5.69 Å². The molecule has 2 amide bonds. The second kappa shape index (κ2) is 17.4. The van der Waals surface area contributed by atoms with Gasteiger partial charge in [-0.05, 0) is 130 Å². The Morgan fingerprint density at radius 1 is 0.815 bits per heavy atom. The summed E-state index contributed by atoms with van der Waals surface area (Å²) in [7, 11) is 8.48. The van der Waals surface area contributed by atoms with Crippen molar-refractivity contribution in [2.75, 3.05) is 45.7 Å². The van der Waals surface area contributed by atoms with Crippen LogP contribution in [0.25, 0.3) is 11.3 Å². The molecule has 4 aromatic rings. The van der Waals surface area contributed by atoms with Crippen LogP contribution in [0.1, 0.15) is 101 Å². The lowest BCUT2D eigenvalue weighted by Crippen LogP contribution is -2.43. The second-order valence-electron chi connectivity index (χ2n) is 16.2. The zero-order chi connectivity index (χ0) is 38.5. The fourth-order valence-corrected chi connectivity index (χ4v) is 8.52. The van der Waals surface area contributed by atoms with Gasteiger partial charge in [-0.3, -0.25) is 9.59 Å². The van der Waals surface area contributed by atoms with Gasteiger partial charge >= 0.3 is 0 Å². The largest absolute Gasteiger partial charge is 0.373 e. The summed E-state index contributed by atoms with van der Waals surface area (Å²) >= 11 is 0. The summed E-state index contributed by atoms with van der Waals surface area (Å²) in [4.78, 5) is 37.4. The summed E-state index contributed by atoms with van der Waals surface area (Å²) in [6.07, 6.45) is 8.65. The van der Waals surface area contributed by atoms with Gasteiger partial charge in [-0.2, -0.15) is 0 Å². The lowest BCUT2D eigenvalue weighted by molar-refractivity contribution is -0.131. The van der Waals surface area contributed by atoms with Crippen molar-refractivity contribution >= 4 is 17.5 Å². The molecule has 288 valence electrons. The van der Waals surface area contributed by atoms with Crippen molar-refractivity contribution in [3.05, 3.63) is 111 Å². The minimum atomic E-state index is 0.0864. The van der Waals surface area contributed by atoms with Crippen LogP contribution in [0.3, 0.4) is 0 Å². The Morgan fingerprint density at radius 3 is 2.19 bits per heavy atom. The molecule has 0 saturated heterocycles. The molecule has 3 heterocycles. The Bertz CT molecular complexity index is 1940. The molecule has 3 aromatic carbocycles. The summed E-state index contributed by atoms with van der Waals surface area (Å²) in [6.45, 7) is 12.7. The van der Waals surface area contributed by atoms with Gasteiger partial charge in [0, 0.05) is 75.4 Å². The second-order valence-corrected chi connectivity index (χ2v) is 16.2. The number of rotatable bonds is 14. The van der Waals surface area contributed by atoms with Crippen LogP contribution in [-0.4, -0.2) is 77.9 Å². The first-order valence-corrected chi connectivity index (χ1v) is 20.4. The Kier molecular flexibility index (Phi) is 12.7. The minimum absolute atomic E-state index is 0.0864. The predicted molar refractivity (Wildman–Crippen MR) is 223 cm³/mol. The Balaban J connectivity index is 1.34. The molecule has 0 unspecified atom stereocenters. The standard InChI is InChI=1S/C47H63N5O2/c1-9-11-17-41-34(4)50(8)46(42(41)18-12-10-2)43-29-37-23-24-51(45(53)28-35-19-21-40(22-20-35)49(7)26-25-48(5)6)31-39(37)30-44(43)47(54)52-32-38-16-14-13-15-36(38)27-33(52)3/h13-16,19-22,29-30,33H,9-12,17-18,23-28,31-32H2,1-8H3/t33-/m1/s1. The van der Waals surface area contributed by atoms with Crippen molar-refractivity contribution in [3.8, 4) is 11.3 Å². The van der Waals surface area contributed by atoms with Crippen LogP contribution in [0.2, 0.25) is 0 Å². The number of hydrogen-bond donors (Lipinski definition) is 0. The molecule has 7 heteroatoms. The van der Waals surface area contributed by atoms with Gasteiger partial charge in [0.05, 0.1) is 12.1 Å². The van der Waals surface area contributed by atoms with E-state index < -0.39 is 0 Å². The summed E-state index contributed by atoms with van der Waals surface area (Å²) < 4.78 is 2.37. The van der Waals surface area contributed by atoms with Crippen LogP contribution in [-0.2, 0) is 57.0 Å². The van der Waals surface area contributed by atoms with Gasteiger partial charge < -0.3 is 24.2 Å². The Labute approximate surface area is 324 Å². The molecular weight excluding hydrogens is 667 g/mol. The van der Waals surface area contributed by atoms with E-state index in [0.29, 0.717) is 26.1 Å². The fourth-order valence-electron chi connectivity index (χ4n) is 8.52. The predicted octanol–water partition coefficient (Wildman–Crippen LogP) is 8.40. The normalized spacial score (nSPS) is 15.4. The SMILES string of the molecule is CCCCc1c(CCCC)c(-c2cc3c(cc2C(=O)N2Cc4ccccc4C[C@H]2C)CN(C(=O)Cc2ccc(N(C)CCN(C)C)cc2)CC3)n(C)c1C. The molecule has 0 aliphatic carbocycles. The summed E-state index contributed by atoms with van der Waals surface area (Å²) in [5.74, 6) is 0.220. The number of aromatic nitrogens is 1. The molecule has 1 atom stereocenters. The number of nitrogens with zero attached hydrogens (tertiary/aromatic N) is 5. The number of hydrogen-bond acceptors (Lipinski definition) is 4. The first-order chi connectivity index (χ1) is 26.0. The quantitative estimate of drug-likeness (QED) is 0.131. The molecule has 0 fully saturated rings. The smallest absolute Gasteiger partial charge is 0.255 e. The number of benzene rings is 3. The van der Waals surface area contributed by atoms with E-state index in [1.165, 1.54) is 39.2 Å². The number of unbranched alkanes of at least 4 members (excludes halogenated alkanes) is 2. The third-order valence-corrected chi connectivity index (χ3v) is 12.1. The van der Waals surface area contributed by atoms with Gasteiger partial charge in [0.15, 0.2) is 0 Å². The van der Waals surface area contributed by atoms with Gasteiger partial charge in [-0.15, -0.1) is 0 Å². The van der Waals surface area contributed by atoms with E-state index >= 15 is 4.79 Å². The van der Waals surface area contributed by atoms with Gasteiger partial charge in [0.2, 0.25) is 5.91 Å². The summed E-state index contributed by atoms with van der Waals surface area (Å²) in [6, 6.07) is 21.5. The molecular formula is C47H63N5O2. The highest BCUT2D eigenvalue weighted by molar-refractivity contribution is 6.02. The zero-order valence-electron chi connectivity index (χ0n) is 34.3. The summed E-state index contributed by atoms with van der Waals surface area (Å²) in [5.41, 5.74) is 14.3. The highest BCUT2D eigenvalue weighted by Gasteiger charge is 2.33. The number of carbonyl (C=O) groups is 2. The van der Waals surface area contributed by atoms with E-state index in [9.17, 15) is 4.79 Å². The first-order valence-electron chi connectivity index (χ1n) is 20.4. The molecule has 0 N–H and O–H groups in total. The number of anilines is 1. The van der Waals surface area contributed by atoms with Crippen molar-refractivity contribution in [2.45, 2.75) is 105 Å². The Morgan fingerprint density at radius 2 is 1.50 bits per heavy atom. The number of amides is 2. The number of likely N-dealkylation sites (N-methyl/N-ethyl adjacent to an activating group) is 2. The molecule has 0 bridgehead atoms. The molecule has 0 spiro atoms. The van der Waals surface area contributed by atoms with Crippen molar-refractivity contribution in [2.24, 2.45) is 7.05 Å². The van der Waals surface area contributed by atoms with Crippen LogP contribution < -0.4 is 4.90 Å². The summed E-state index contributed by atoms with van der Waals surface area (Å²) in [5, 5.41) is 0. The lowest BCUT2D eigenvalue weighted by atomic mass is 9.87. The van der Waals surface area contributed by atoms with Crippen LogP contribution in [0, 0.1) is 6.92 Å². The van der Waals surface area contributed by atoms with Crippen molar-refractivity contribution < 1.29 is 9.59 Å². The highest BCUT2D eigenvalue weighted by Crippen LogP contribution is 2.39. The van der Waals surface area contributed by atoms with Gasteiger partial charge in [-0.25, -0.2) is 0 Å². The zero-order valence-corrected chi connectivity index (χ0v) is 34.3. The van der Waals surface area contributed by atoms with Gasteiger partial charge in [-0.1, -0.05) is 63.1 Å². The number of fused-ring (bicyclic) bond motifs is 2. The van der Waals surface area contributed by atoms with E-state index in [1.807, 2.05) is 4.90 Å². The van der Waals surface area contributed by atoms with Crippen LogP contribution in [0.5, 0.6) is 0 Å². The maximum absolute atomic E-state index is 15.0. The van der Waals surface area contributed by atoms with Gasteiger partial charge in [0.25, 0.3) is 5.91 Å². The molecule has 54 heavy (non-hydrogen) atoms. The first kappa shape index (κ1) is 39.3.